The number of hydrogen-bond acceptors (Lipinski definition) is 5. The molecule has 0 aliphatic heterocycles. The van der Waals surface area contributed by atoms with Crippen LogP contribution in [0.2, 0.25) is 0 Å². The van der Waals surface area contributed by atoms with E-state index in [4.69, 9.17) is 10.5 Å². The molecule has 1 heterocycles. The van der Waals surface area contributed by atoms with E-state index in [1.165, 1.54) is 5.56 Å². The van der Waals surface area contributed by atoms with E-state index in [2.05, 4.69) is 34.0 Å². The van der Waals surface area contributed by atoms with Crippen molar-refractivity contribution < 1.29 is 4.74 Å². The van der Waals surface area contributed by atoms with Crippen LogP contribution < -0.4 is 10.5 Å². The van der Waals surface area contributed by atoms with E-state index in [1.807, 2.05) is 26.0 Å². The van der Waals surface area contributed by atoms with Gasteiger partial charge in [-0.1, -0.05) is 31.5 Å². The molecule has 0 unspecified atom stereocenters. The third kappa shape index (κ3) is 3.66. The Kier molecular flexibility index (Phi) is 4.50. The van der Waals surface area contributed by atoms with Gasteiger partial charge in [0.25, 0.3) is 0 Å². The zero-order valence-corrected chi connectivity index (χ0v) is 12.1. The Morgan fingerprint density at radius 1 is 1.20 bits per heavy atom. The summed E-state index contributed by atoms with van der Waals surface area (Å²) in [5.74, 6) is 0.720. The number of rotatable bonds is 5. The largest absolute Gasteiger partial charge is 0.461 e. The molecule has 0 amide bonds. The van der Waals surface area contributed by atoms with Crippen molar-refractivity contribution in [3.8, 4) is 17.4 Å². The maximum absolute atomic E-state index is 5.73. The molecule has 5 heteroatoms. The number of benzene rings is 1. The lowest BCUT2D eigenvalue weighted by Crippen LogP contribution is -2.11. The van der Waals surface area contributed by atoms with Crippen molar-refractivity contribution >= 4 is 5.95 Å². The van der Waals surface area contributed by atoms with E-state index < -0.39 is 0 Å². The Morgan fingerprint density at radius 3 is 2.70 bits per heavy atom. The summed E-state index contributed by atoms with van der Waals surface area (Å²) in [5, 5.41) is 0. The number of aryl methyl sites for hydroxylation is 1. The molecule has 2 N–H and O–H groups in total. The van der Waals surface area contributed by atoms with Crippen LogP contribution in [-0.4, -0.2) is 21.1 Å². The molecule has 1 aromatic carbocycles. The second-order valence-corrected chi connectivity index (χ2v) is 4.92. The lowest BCUT2D eigenvalue weighted by Gasteiger charge is -2.09. The lowest BCUT2D eigenvalue weighted by atomic mass is 10.1. The molecule has 0 saturated carbocycles. The summed E-state index contributed by atoms with van der Waals surface area (Å²) in [7, 11) is 0. The molecule has 0 fully saturated rings. The number of ether oxygens (including phenoxy) is 1. The van der Waals surface area contributed by atoms with Crippen LogP contribution in [0.15, 0.2) is 24.3 Å². The second kappa shape index (κ2) is 6.32. The Bertz CT molecular complexity index is 584. The molecule has 0 spiro atoms. The van der Waals surface area contributed by atoms with Crippen molar-refractivity contribution in [3.63, 3.8) is 0 Å². The standard InChI is InChI=1S/C15H20N4O/c1-4-6-11-7-5-8-12(9-11)13-17-14(16)19-15(18-13)20-10(2)3/h5,7-10H,4,6H2,1-3H3,(H2,16,17,18,19). The van der Waals surface area contributed by atoms with E-state index in [1.54, 1.807) is 0 Å². The van der Waals surface area contributed by atoms with Gasteiger partial charge in [-0.3, -0.25) is 0 Å². The average Bonchev–Trinajstić information content (AvgIpc) is 2.38. The van der Waals surface area contributed by atoms with Crippen molar-refractivity contribution in [2.75, 3.05) is 5.73 Å². The van der Waals surface area contributed by atoms with Gasteiger partial charge in [-0.2, -0.15) is 15.0 Å². The van der Waals surface area contributed by atoms with E-state index >= 15 is 0 Å². The van der Waals surface area contributed by atoms with Gasteiger partial charge >= 0.3 is 6.01 Å². The average molecular weight is 272 g/mol. The van der Waals surface area contributed by atoms with Crippen molar-refractivity contribution in [1.82, 2.24) is 15.0 Å². The zero-order chi connectivity index (χ0) is 14.5. The highest BCUT2D eigenvalue weighted by molar-refractivity contribution is 5.57. The van der Waals surface area contributed by atoms with Gasteiger partial charge in [0, 0.05) is 5.56 Å². The normalized spacial score (nSPS) is 10.8. The fourth-order valence-corrected chi connectivity index (χ4v) is 1.92. The molecule has 2 aromatic rings. The topological polar surface area (TPSA) is 73.9 Å². The lowest BCUT2D eigenvalue weighted by molar-refractivity contribution is 0.222. The van der Waals surface area contributed by atoms with Crippen LogP contribution in [0.25, 0.3) is 11.4 Å². The molecule has 0 radical (unpaired) electrons. The van der Waals surface area contributed by atoms with Crippen molar-refractivity contribution in [1.29, 1.82) is 0 Å². The Labute approximate surface area is 119 Å². The highest BCUT2D eigenvalue weighted by atomic mass is 16.5. The van der Waals surface area contributed by atoms with Gasteiger partial charge < -0.3 is 10.5 Å². The van der Waals surface area contributed by atoms with Gasteiger partial charge in [0.2, 0.25) is 5.95 Å². The third-order valence-corrected chi connectivity index (χ3v) is 2.70. The Balaban J connectivity index is 2.36. The summed E-state index contributed by atoms with van der Waals surface area (Å²) >= 11 is 0. The minimum absolute atomic E-state index is 0.00363. The smallest absolute Gasteiger partial charge is 0.322 e. The van der Waals surface area contributed by atoms with E-state index in [0.717, 1.165) is 18.4 Å². The molecule has 20 heavy (non-hydrogen) atoms. The second-order valence-electron chi connectivity index (χ2n) is 4.92. The summed E-state index contributed by atoms with van der Waals surface area (Å²) in [6, 6.07) is 8.42. The number of aromatic nitrogens is 3. The zero-order valence-electron chi connectivity index (χ0n) is 12.1. The first-order valence-corrected chi connectivity index (χ1v) is 6.86. The Hall–Kier alpha value is -2.17. The SMILES string of the molecule is CCCc1cccc(-c2nc(N)nc(OC(C)C)n2)c1. The number of nitrogen functional groups attached to an aromatic ring is 1. The highest BCUT2D eigenvalue weighted by Gasteiger charge is 2.09. The quantitative estimate of drug-likeness (QED) is 0.906. The first kappa shape index (κ1) is 14.2. The maximum atomic E-state index is 5.73. The molecular weight excluding hydrogens is 252 g/mol. The number of nitrogens with two attached hydrogens (primary N) is 1. The number of nitrogens with zero attached hydrogens (tertiary/aromatic N) is 3. The summed E-state index contributed by atoms with van der Waals surface area (Å²) in [6.07, 6.45) is 2.13. The van der Waals surface area contributed by atoms with Gasteiger partial charge in [0.15, 0.2) is 5.82 Å². The summed E-state index contributed by atoms with van der Waals surface area (Å²) in [5.41, 5.74) is 7.92. The van der Waals surface area contributed by atoms with Crippen LogP contribution in [-0.2, 0) is 6.42 Å². The van der Waals surface area contributed by atoms with Gasteiger partial charge in [-0.25, -0.2) is 0 Å². The van der Waals surface area contributed by atoms with Gasteiger partial charge in [0.1, 0.15) is 0 Å². The number of anilines is 1. The molecule has 5 nitrogen and oxygen atoms in total. The first-order valence-electron chi connectivity index (χ1n) is 6.86. The molecular formula is C15H20N4O. The van der Waals surface area contributed by atoms with E-state index in [0.29, 0.717) is 5.82 Å². The summed E-state index contributed by atoms with van der Waals surface area (Å²) in [4.78, 5) is 12.5. The molecule has 1 aromatic heterocycles. The van der Waals surface area contributed by atoms with Crippen LogP contribution in [0, 0.1) is 0 Å². The van der Waals surface area contributed by atoms with Gasteiger partial charge in [0.05, 0.1) is 6.10 Å². The summed E-state index contributed by atoms with van der Waals surface area (Å²) < 4.78 is 5.49. The van der Waals surface area contributed by atoms with Crippen LogP contribution >= 0.6 is 0 Å². The monoisotopic (exact) mass is 272 g/mol. The van der Waals surface area contributed by atoms with E-state index in [-0.39, 0.29) is 18.1 Å². The third-order valence-electron chi connectivity index (χ3n) is 2.70. The molecule has 0 aliphatic carbocycles. The fourth-order valence-electron chi connectivity index (χ4n) is 1.92. The van der Waals surface area contributed by atoms with Crippen molar-refractivity contribution in [3.05, 3.63) is 29.8 Å². The minimum atomic E-state index is -0.00363. The molecule has 0 atom stereocenters. The molecule has 0 bridgehead atoms. The maximum Gasteiger partial charge on any atom is 0.322 e. The summed E-state index contributed by atoms with van der Waals surface area (Å²) in [6.45, 7) is 5.99. The molecule has 106 valence electrons. The van der Waals surface area contributed by atoms with E-state index in [9.17, 15) is 0 Å². The van der Waals surface area contributed by atoms with Crippen molar-refractivity contribution in [2.24, 2.45) is 0 Å². The van der Waals surface area contributed by atoms with Crippen LogP contribution in [0.5, 0.6) is 6.01 Å². The fraction of sp³-hybridized carbons (Fsp3) is 0.400. The van der Waals surface area contributed by atoms with Gasteiger partial charge in [-0.05, 0) is 31.9 Å². The van der Waals surface area contributed by atoms with Gasteiger partial charge in [-0.15, -0.1) is 0 Å². The van der Waals surface area contributed by atoms with Crippen molar-refractivity contribution in [2.45, 2.75) is 39.7 Å². The predicted molar refractivity (Wildman–Crippen MR) is 79.4 cm³/mol. The molecule has 0 aliphatic rings. The van der Waals surface area contributed by atoms with Crippen LogP contribution in [0.3, 0.4) is 0 Å². The first-order chi connectivity index (χ1) is 9.58. The van der Waals surface area contributed by atoms with Crippen LogP contribution in [0.4, 0.5) is 5.95 Å². The predicted octanol–water partition coefficient (Wildman–Crippen LogP) is 2.86. The number of hydrogen-bond donors (Lipinski definition) is 1. The minimum Gasteiger partial charge on any atom is -0.461 e. The Morgan fingerprint density at radius 2 is 2.00 bits per heavy atom. The van der Waals surface area contributed by atoms with Crippen LogP contribution in [0.1, 0.15) is 32.8 Å². The molecule has 2 rings (SSSR count). The highest BCUT2D eigenvalue weighted by Crippen LogP contribution is 2.20. The molecule has 0 saturated heterocycles.